The molecule has 0 aliphatic heterocycles. The van der Waals surface area contributed by atoms with Crippen LogP contribution >= 0.6 is 0 Å². The molecular formula is C11H21N. The van der Waals surface area contributed by atoms with Crippen LogP contribution < -0.4 is 0 Å². The summed E-state index contributed by atoms with van der Waals surface area (Å²) in [6.45, 7) is 6.61. The molecule has 0 aromatic carbocycles. The van der Waals surface area contributed by atoms with Gasteiger partial charge in [0.25, 0.3) is 0 Å². The van der Waals surface area contributed by atoms with Gasteiger partial charge in [-0.15, -0.1) is 0 Å². The first-order valence-electron chi connectivity index (χ1n) is 5.10. The second-order valence-corrected chi connectivity index (χ2v) is 3.94. The van der Waals surface area contributed by atoms with E-state index in [4.69, 9.17) is 5.26 Å². The average molecular weight is 167 g/mol. The minimum atomic E-state index is 0.312. The topological polar surface area (TPSA) is 23.8 Å². The van der Waals surface area contributed by atoms with Gasteiger partial charge < -0.3 is 0 Å². The molecule has 0 N–H and O–H groups in total. The van der Waals surface area contributed by atoms with Crippen molar-refractivity contribution in [1.29, 1.82) is 5.26 Å². The van der Waals surface area contributed by atoms with Gasteiger partial charge in [0.1, 0.15) is 0 Å². The van der Waals surface area contributed by atoms with Gasteiger partial charge in [-0.3, -0.25) is 0 Å². The van der Waals surface area contributed by atoms with Crippen LogP contribution in [0.2, 0.25) is 0 Å². The molecule has 0 bridgehead atoms. The van der Waals surface area contributed by atoms with E-state index in [1.807, 2.05) is 0 Å². The van der Waals surface area contributed by atoms with Gasteiger partial charge >= 0.3 is 0 Å². The molecule has 70 valence electrons. The van der Waals surface area contributed by atoms with Crippen molar-refractivity contribution in [2.24, 2.45) is 11.8 Å². The first-order valence-corrected chi connectivity index (χ1v) is 5.10. The van der Waals surface area contributed by atoms with Crippen LogP contribution in [-0.4, -0.2) is 0 Å². The van der Waals surface area contributed by atoms with Crippen LogP contribution in [0.3, 0.4) is 0 Å². The lowest BCUT2D eigenvalue weighted by atomic mass is 9.95. The highest BCUT2D eigenvalue weighted by Gasteiger charge is 2.07. The van der Waals surface area contributed by atoms with Crippen molar-refractivity contribution in [2.45, 2.75) is 52.9 Å². The minimum Gasteiger partial charge on any atom is -0.198 e. The summed E-state index contributed by atoms with van der Waals surface area (Å²) in [4.78, 5) is 0. The molecule has 0 saturated heterocycles. The fourth-order valence-corrected chi connectivity index (χ4v) is 1.26. The molecule has 1 atom stereocenters. The van der Waals surface area contributed by atoms with E-state index in [0.717, 1.165) is 18.8 Å². The standard InChI is InChI=1S/C11H21N/c1-4-5-6-11(9-12)8-7-10(2)3/h10-11H,4-8H2,1-3H3. The van der Waals surface area contributed by atoms with E-state index in [9.17, 15) is 0 Å². The first kappa shape index (κ1) is 11.5. The summed E-state index contributed by atoms with van der Waals surface area (Å²) in [5.74, 6) is 1.05. The Morgan fingerprint density at radius 3 is 2.25 bits per heavy atom. The molecule has 1 unspecified atom stereocenters. The molecule has 0 rings (SSSR count). The van der Waals surface area contributed by atoms with Crippen LogP contribution in [0.5, 0.6) is 0 Å². The molecule has 0 amide bonds. The Labute approximate surface area is 76.8 Å². The quantitative estimate of drug-likeness (QED) is 0.591. The van der Waals surface area contributed by atoms with Crippen LogP contribution in [0.25, 0.3) is 0 Å². The van der Waals surface area contributed by atoms with Crippen molar-refractivity contribution in [3.63, 3.8) is 0 Å². The zero-order valence-corrected chi connectivity index (χ0v) is 8.64. The Kier molecular flexibility index (Phi) is 6.85. The third kappa shape index (κ3) is 6.22. The lowest BCUT2D eigenvalue weighted by Gasteiger charge is -2.09. The molecule has 0 aromatic rings. The highest BCUT2D eigenvalue weighted by Crippen LogP contribution is 2.16. The SMILES string of the molecule is CCCCC(C#N)CCC(C)C. The van der Waals surface area contributed by atoms with Crippen molar-refractivity contribution in [2.75, 3.05) is 0 Å². The molecule has 0 heterocycles. The second kappa shape index (κ2) is 7.16. The van der Waals surface area contributed by atoms with Gasteiger partial charge in [-0.1, -0.05) is 33.6 Å². The van der Waals surface area contributed by atoms with E-state index in [1.165, 1.54) is 19.3 Å². The van der Waals surface area contributed by atoms with Crippen LogP contribution in [0, 0.1) is 23.2 Å². The van der Waals surface area contributed by atoms with Gasteiger partial charge in [0, 0.05) is 5.92 Å². The molecule has 0 spiro atoms. The molecule has 0 aromatic heterocycles. The van der Waals surface area contributed by atoms with E-state index in [0.29, 0.717) is 5.92 Å². The molecule has 1 nitrogen and oxygen atoms in total. The number of rotatable bonds is 6. The predicted molar refractivity (Wildman–Crippen MR) is 52.7 cm³/mol. The maximum atomic E-state index is 8.82. The van der Waals surface area contributed by atoms with Gasteiger partial charge in [0.2, 0.25) is 0 Å². The van der Waals surface area contributed by atoms with Crippen LogP contribution in [-0.2, 0) is 0 Å². The number of hydrogen-bond donors (Lipinski definition) is 0. The van der Waals surface area contributed by atoms with Crippen LogP contribution in [0.4, 0.5) is 0 Å². The van der Waals surface area contributed by atoms with E-state index in [2.05, 4.69) is 26.8 Å². The van der Waals surface area contributed by atoms with Gasteiger partial charge in [0.15, 0.2) is 0 Å². The Bertz CT molecular complexity index is 132. The van der Waals surface area contributed by atoms with Crippen LogP contribution in [0.1, 0.15) is 52.9 Å². The molecule has 1 heteroatoms. The summed E-state index contributed by atoms with van der Waals surface area (Å²) in [7, 11) is 0. The highest BCUT2D eigenvalue weighted by molar-refractivity contribution is 4.82. The zero-order chi connectivity index (χ0) is 9.40. The lowest BCUT2D eigenvalue weighted by molar-refractivity contribution is 0.456. The molecule has 0 aliphatic rings. The van der Waals surface area contributed by atoms with Crippen LogP contribution in [0.15, 0.2) is 0 Å². The fourth-order valence-electron chi connectivity index (χ4n) is 1.26. The van der Waals surface area contributed by atoms with Crippen molar-refractivity contribution in [3.8, 4) is 6.07 Å². The van der Waals surface area contributed by atoms with E-state index in [1.54, 1.807) is 0 Å². The predicted octanol–water partition coefficient (Wildman–Crippen LogP) is 3.75. The van der Waals surface area contributed by atoms with Gasteiger partial charge in [0.05, 0.1) is 6.07 Å². The third-order valence-electron chi connectivity index (χ3n) is 2.18. The van der Waals surface area contributed by atoms with Gasteiger partial charge in [-0.2, -0.15) is 5.26 Å². The average Bonchev–Trinajstić information content (AvgIpc) is 2.05. The summed E-state index contributed by atoms with van der Waals surface area (Å²) in [6.07, 6.45) is 5.80. The monoisotopic (exact) mass is 167 g/mol. The van der Waals surface area contributed by atoms with Gasteiger partial charge in [-0.25, -0.2) is 0 Å². The maximum absolute atomic E-state index is 8.82. The summed E-state index contributed by atoms with van der Waals surface area (Å²) < 4.78 is 0. The first-order chi connectivity index (χ1) is 5.70. The second-order valence-electron chi connectivity index (χ2n) is 3.94. The summed E-state index contributed by atoms with van der Waals surface area (Å²) in [6, 6.07) is 2.39. The van der Waals surface area contributed by atoms with Crippen molar-refractivity contribution < 1.29 is 0 Å². The maximum Gasteiger partial charge on any atom is 0.0655 e. The van der Waals surface area contributed by atoms with E-state index in [-0.39, 0.29) is 0 Å². The Morgan fingerprint density at radius 1 is 1.17 bits per heavy atom. The lowest BCUT2D eigenvalue weighted by Crippen LogP contribution is -1.99. The smallest absolute Gasteiger partial charge is 0.0655 e. The Morgan fingerprint density at radius 2 is 1.83 bits per heavy atom. The minimum absolute atomic E-state index is 0.312. The summed E-state index contributed by atoms with van der Waals surface area (Å²) in [5, 5.41) is 8.82. The largest absolute Gasteiger partial charge is 0.198 e. The fraction of sp³-hybridized carbons (Fsp3) is 0.909. The normalized spacial score (nSPS) is 12.9. The van der Waals surface area contributed by atoms with E-state index < -0.39 is 0 Å². The number of nitriles is 1. The molecule has 0 saturated carbocycles. The third-order valence-corrected chi connectivity index (χ3v) is 2.18. The Hall–Kier alpha value is -0.510. The molecular weight excluding hydrogens is 146 g/mol. The number of unbranched alkanes of at least 4 members (excludes halogenated alkanes) is 1. The van der Waals surface area contributed by atoms with Gasteiger partial charge in [-0.05, 0) is 25.2 Å². The molecule has 0 fully saturated rings. The summed E-state index contributed by atoms with van der Waals surface area (Å²) >= 11 is 0. The zero-order valence-electron chi connectivity index (χ0n) is 8.64. The number of nitrogens with zero attached hydrogens (tertiary/aromatic N) is 1. The van der Waals surface area contributed by atoms with E-state index >= 15 is 0 Å². The van der Waals surface area contributed by atoms with Crippen molar-refractivity contribution in [3.05, 3.63) is 0 Å². The highest BCUT2D eigenvalue weighted by atomic mass is 14.3. The Balaban J connectivity index is 3.48. The summed E-state index contributed by atoms with van der Waals surface area (Å²) in [5.41, 5.74) is 0. The van der Waals surface area contributed by atoms with Crippen molar-refractivity contribution >= 4 is 0 Å². The molecule has 0 aliphatic carbocycles. The number of hydrogen-bond acceptors (Lipinski definition) is 1. The van der Waals surface area contributed by atoms with Crippen molar-refractivity contribution in [1.82, 2.24) is 0 Å². The molecule has 0 radical (unpaired) electrons. The molecule has 12 heavy (non-hydrogen) atoms.